The number of nitrogens with one attached hydrogen (secondary N) is 1. The summed E-state index contributed by atoms with van der Waals surface area (Å²) in [5, 5.41) is 3.11. The highest BCUT2D eigenvalue weighted by molar-refractivity contribution is 9.11. The molecule has 3 aliphatic rings. The van der Waals surface area contributed by atoms with E-state index in [1.54, 1.807) is 13.0 Å². The van der Waals surface area contributed by atoms with Crippen LogP contribution in [0.5, 0.6) is 11.5 Å². The minimum atomic E-state index is -1.11. The van der Waals surface area contributed by atoms with E-state index < -0.39 is 54.1 Å². The number of fused-ring (bicyclic) bond motifs is 2. The Labute approximate surface area is 419 Å². The largest absolute Gasteiger partial charge is 0.489 e. The summed E-state index contributed by atoms with van der Waals surface area (Å²) in [5.74, 6) is 4.87. The maximum atomic E-state index is 13.0. The van der Waals surface area contributed by atoms with Gasteiger partial charge in [0.1, 0.15) is 42.8 Å². The molecule has 2 saturated carbocycles. The van der Waals surface area contributed by atoms with Gasteiger partial charge in [0.2, 0.25) is 5.91 Å². The fourth-order valence-electron chi connectivity index (χ4n) is 8.67. The number of methoxy groups -OCH3 is 1. The molecule has 0 aliphatic heterocycles. The molecule has 1 unspecified atom stereocenters. The second kappa shape index (κ2) is 28.4. The van der Waals surface area contributed by atoms with Crippen LogP contribution in [0.1, 0.15) is 77.4 Å². The van der Waals surface area contributed by atoms with Gasteiger partial charge in [-0.25, -0.2) is 4.79 Å². The Morgan fingerprint density at radius 3 is 2.03 bits per heavy atom. The van der Waals surface area contributed by atoms with Crippen LogP contribution >= 0.6 is 31.9 Å². The molecular formula is C48H64Br2N2O17. The predicted molar refractivity (Wildman–Crippen MR) is 253 cm³/mol. The van der Waals surface area contributed by atoms with Crippen molar-refractivity contribution in [3.8, 4) is 23.3 Å². The van der Waals surface area contributed by atoms with E-state index >= 15 is 0 Å². The zero-order valence-corrected chi connectivity index (χ0v) is 43.0. The number of hydrogen-bond acceptors (Lipinski definition) is 17. The predicted octanol–water partition coefficient (Wildman–Crippen LogP) is 6.20. The van der Waals surface area contributed by atoms with Gasteiger partial charge in [-0.1, -0.05) is 6.92 Å². The highest BCUT2D eigenvalue weighted by Crippen LogP contribution is 2.52. The molecule has 1 aromatic heterocycles. The van der Waals surface area contributed by atoms with Crippen molar-refractivity contribution in [2.75, 3.05) is 86.3 Å². The first-order valence-electron chi connectivity index (χ1n) is 23.3. The highest BCUT2D eigenvalue weighted by Gasteiger charge is 2.52. The molecule has 0 spiro atoms. The molecule has 1 aromatic carbocycles. The van der Waals surface area contributed by atoms with Crippen LogP contribution in [0.25, 0.3) is 10.9 Å². The monoisotopic (exact) mass is 1100 g/mol. The van der Waals surface area contributed by atoms with Crippen LogP contribution in [0, 0.1) is 41.4 Å². The molecule has 19 nitrogen and oxygen atoms in total. The number of halogens is 2. The van der Waals surface area contributed by atoms with Crippen molar-refractivity contribution in [2.45, 2.75) is 91.0 Å². The lowest BCUT2D eigenvalue weighted by Crippen LogP contribution is -2.56. The van der Waals surface area contributed by atoms with Gasteiger partial charge in [-0.3, -0.25) is 28.5 Å². The van der Waals surface area contributed by atoms with E-state index in [4.69, 9.17) is 52.1 Å². The summed E-state index contributed by atoms with van der Waals surface area (Å²) < 4.78 is 64.0. The molecule has 1 heterocycles. The van der Waals surface area contributed by atoms with Crippen LogP contribution in [-0.2, 0) is 61.8 Å². The Morgan fingerprint density at radius 1 is 0.783 bits per heavy atom. The van der Waals surface area contributed by atoms with E-state index in [0.29, 0.717) is 82.6 Å². The number of amides is 1. The van der Waals surface area contributed by atoms with Gasteiger partial charge in [0.25, 0.3) is 0 Å². The Morgan fingerprint density at radius 2 is 1.39 bits per heavy atom. The van der Waals surface area contributed by atoms with Gasteiger partial charge >= 0.3 is 30.0 Å². The second-order valence-corrected chi connectivity index (χ2v) is 18.5. The lowest BCUT2D eigenvalue weighted by Gasteiger charge is -2.43. The first-order valence-corrected chi connectivity index (χ1v) is 24.9. The second-order valence-electron chi connectivity index (χ2n) is 16.9. The average molecular weight is 1100 g/mol. The molecule has 5 rings (SSSR count). The van der Waals surface area contributed by atoms with Crippen LogP contribution in [0.2, 0.25) is 0 Å². The number of aromatic nitrogens is 1. The van der Waals surface area contributed by atoms with E-state index in [2.05, 4.69) is 49.0 Å². The first-order chi connectivity index (χ1) is 33.2. The summed E-state index contributed by atoms with van der Waals surface area (Å²) in [6, 6.07) is 1.72. The Kier molecular flexibility index (Phi) is 22.8. The topological polar surface area (TPSA) is 221 Å². The zero-order valence-electron chi connectivity index (χ0n) is 39.9. The van der Waals surface area contributed by atoms with E-state index in [-0.39, 0.29) is 76.8 Å². The lowest BCUT2D eigenvalue weighted by molar-refractivity contribution is -0.194. The third-order valence-electron chi connectivity index (χ3n) is 12.1. The molecule has 0 bridgehead atoms. The Balaban J connectivity index is 0.932. The average Bonchev–Trinajstić information content (AvgIpc) is 3.80. The van der Waals surface area contributed by atoms with Crippen molar-refractivity contribution >= 4 is 78.6 Å². The molecule has 21 heteroatoms. The minimum Gasteiger partial charge on any atom is -0.489 e. The van der Waals surface area contributed by atoms with Crippen molar-refractivity contribution in [3.63, 3.8) is 0 Å². The van der Waals surface area contributed by atoms with Crippen LogP contribution in [0.15, 0.2) is 21.2 Å². The molecule has 2 fully saturated rings. The number of rotatable bonds is 27. The molecule has 2 aromatic rings. The normalized spacial score (nSPS) is 22.7. The smallest absolute Gasteiger partial charge is 0.407 e. The zero-order chi connectivity index (χ0) is 49.9. The third kappa shape index (κ3) is 16.8. The van der Waals surface area contributed by atoms with Crippen molar-refractivity contribution in [2.24, 2.45) is 29.6 Å². The number of esters is 4. The molecule has 69 heavy (non-hydrogen) atoms. The van der Waals surface area contributed by atoms with E-state index in [1.165, 1.54) is 38.6 Å². The Hall–Kier alpha value is -4.46. The molecule has 0 saturated heterocycles. The van der Waals surface area contributed by atoms with Gasteiger partial charge in [-0.05, 0) is 74.9 Å². The number of carbonyl (C=O) groups excluding carboxylic acids is 6. The maximum Gasteiger partial charge on any atom is 0.407 e. The SMILES string of the molecule is COC(=O)[C@H]1C[C@@H](Oc2cn(C(C)=O)c3cc(Br)c(OCCOCCOCCOC(=O)NCCOCCOCCCC(=O)OCC4[C@H]5CCC#CCC[C@@H]45)c(Br)c23)[C@H](C)[C@@H](OC(C)=O)[C@@H]1OC(C)=O. The molecule has 1 N–H and O–H groups in total. The Bertz CT molecular complexity index is 2120. The van der Waals surface area contributed by atoms with Crippen molar-refractivity contribution in [1.29, 1.82) is 0 Å². The van der Waals surface area contributed by atoms with Crippen molar-refractivity contribution < 1.29 is 80.9 Å². The third-order valence-corrected chi connectivity index (χ3v) is 13.4. The minimum absolute atomic E-state index is 0.0446. The summed E-state index contributed by atoms with van der Waals surface area (Å²) >= 11 is 7.20. The molecular weight excluding hydrogens is 1040 g/mol. The van der Waals surface area contributed by atoms with Crippen LogP contribution in [0.3, 0.4) is 0 Å². The summed E-state index contributed by atoms with van der Waals surface area (Å²) in [5.41, 5.74) is 0.499. The molecule has 1 amide bonds. The number of hydrogen-bond donors (Lipinski definition) is 1. The number of alkyl carbamates (subject to hydrolysis) is 1. The first kappa shape index (κ1) is 55.5. The molecule has 3 aliphatic carbocycles. The van der Waals surface area contributed by atoms with Crippen LogP contribution in [0.4, 0.5) is 4.79 Å². The van der Waals surface area contributed by atoms with Gasteiger partial charge in [0.05, 0.1) is 86.0 Å². The van der Waals surface area contributed by atoms with Crippen molar-refractivity contribution in [1.82, 2.24) is 9.88 Å². The van der Waals surface area contributed by atoms with Gasteiger partial charge in [0, 0.05) is 65.5 Å². The van der Waals surface area contributed by atoms with E-state index in [1.807, 2.05) is 0 Å². The van der Waals surface area contributed by atoms with E-state index in [0.717, 1.165) is 25.7 Å². The summed E-state index contributed by atoms with van der Waals surface area (Å²) in [6.07, 6.45) is 3.10. The standard InChI is InChI=1S/C48H64Br2N2O17/c1-29-39(25-35(47(57)59-5)45(68-32(4)55)44(29)67-31(3)54)69-40-27-52(30(2)53)38-26-37(49)46(43(50)42(38)40)64-23-21-62-19-20-63-22-24-65-48(58)51-14-16-61-18-17-60-15-10-13-41(56)66-28-36-33-11-8-6-7-9-12-34(33)36/h26-27,29,33-36,39,44-45H,8-25,28H2,1-5H3,(H,51,58)/t29-,33-,34+,35-,36?,39+,44+,45+/m0/s1. The number of benzene rings is 1. The molecule has 0 radical (unpaired) electrons. The lowest BCUT2D eigenvalue weighted by atomic mass is 9.76. The summed E-state index contributed by atoms with van der Waals surface area (Å²) in [6.45, 7) is 8.85. The fourth-order valence-corrected chi connectivity index (χ4v) is 10.2. The number of ether oxygens (including phenoxy) is 11. The molecule has 382 valence electrons. The summed E-state index contributed by atoms with van der Waals surface area (Å²) in [7, 11) is 1.21. The quantitative estimate of drug-likeness (QED) is 0.0455. The van der Waals surface area contributed by atoms with Crippen LogP contribution < -0.4 is 14.8 Å². The summed E-state index contributed by atoms with van der Waals surface area (Å²) in [4.78, 5) is 74.1. The van der Waals surface area contributed by atoms with Gasteiger partial charge in [-0.15, -0.1) is 11.8 Å². The molecule has 8 atom stereocenters. The number of carbonyl (C=O) groups is 6. The van der Waals surface area contributed by atoms with Gasteiger partial charge < -0.3 is 57.4 Å². The van der Waals surface area contributed by atoms with Gasteiger partial charge in [0.15, 0.2) is 6.10 Å². The highest BCUT2D eigenvalue weighted by atomic mass is 79.9. The van der Waals surface area contributed by atoms with Crippen molar-refractivity contribution in [3.05, 3.63) is 21.2 Å². The fraction of sp³-hybridized carbons (Fsp3) is 0.667. The number of nitrogens with zero attached hydrogens (tertiary/aromatic N) is 1. The van der Waals surface area contributed by atoms with Crippen LogP contribution in [-0.4, -0.2) is 145 Å². The van der Waals surface area contributed by atoms with Gasteiger partial charge in [-0.2, -0.15) is 0 Å². The van der Waals surface area contributed by atoms with E-state index in [9.17, 15) is 28.8 Å². The maximum absolute atomic E-state index is 13.0.